The molecule has 1 fully saturated rings. The minimum Gasteiger partial charge on any atom is -0.336 e. The van der Waals surface area contributed by atoms with Gasteiger partial charge in [-0.05, 0) is 31.9 Å². The van der Waals surface area contributed by atoms with Crippen molar-refractivity contribution in [3.63, 3.8) is 0 Å². The second-order valence-electron chi connectivity index (χ2n) is 4.63. The zero-order chi connectivity index (χ0) is 15.1. The van der Waals surface area contributed by atoms with Gasteiger partial charge in [0.05, 0.1) is 15.6 Å². The Morgan fingerprint density at radius 1 is 1.35 bits per heavy atom. The molecular formula is C12H14Cl2N2O3S. The monoisotopic (exact) mass is 336 g/mol. The molecule has 110 valence electrons. The number of hydrogen-bond acceptors (Lipinski definition) is 3. The molecule has 0 radical (unpaired) electrons. The van der Waals surface area contributed by atoms with E-state index in [0.717, 1.165) is 18.9 Å². The summed E-state index contributed by atoms with van der Waals surface area (Å²) in [5.41, 5.74) is 0.105. The molecule has 0 saturated heterocycles. The van der Waals surface area contributed by atoms with Gasteiger partial charge in [-0.3, -0.25) is 4.79 Å². The van der Waals surface area contributed by atoms with Crippen LogP contribution in [0.5, 0.6) is 0 Å². The maximum Gasteiger partial charge on any atom is 0.255 e. The number of carbonyl (C=O) groups excluding carboxylic acids is 1. The van der Waals surface area contributed by atoms with E-state index in [1.807, 2.05) is 6.92 Å². The van der Waals surface area contributed by atoms with Crippen LogP contribution in [0.2, 0.25) is 10.0 Å². The van der Waals surface area contributed by atoms with Gasteiger partial charge in [0.25, 0.3) is 5.91 Å². The molecule has 0 spiro atoms. The Balaban J connectivity index is 2.48. The van der Waals surface area contributed by atoms with Crippen LogP contribution in [-0.2, 0) is 10.0 Å². The van der Waals surface area contributed by atoms with E-state index in [1.54, 1.807) is 4.90 Å². The topological polar surface area (TPSA) is 80.5 Å². The van der Waals surface area contributed by atoms with Crippen LogP contribution < -0.4 is 5.14 Å². The SMILES string of the molecule is CCN(C(=O)c1cc(S(N)(=O)=O)c(Cl)cc1Cl)C1CC1. The van der Waals surface area contributed by atoms with Gasteiger partial charge in [0.15, 0.2) is 0 Å². The molecule has 1 aliphatic rings. The fraction of sp³-hybridized carbons (Fsp3) is 0.417. The average molecular weight is 337 g/mol. The number of nitrogens with two attached hydrogens (primary N) is 1. The standard InChI is InChI=1S/C12H14Cl2N2O3S/c1-2-16(7-3-4-7)12(17)8-5-11(20(15,18)19)10(14)6-9(8)13/h5-7H,2-4H2,1H3,(H2,15,18,19). The smallest absolute Gasteiger partial charge is 0.255 e. The zero-order valence-electron chi connectivity index (χ0n) is 10.8. The summed E-state index contributed by atoms with van der Waals surface area (Å²) in [7, 11) is -4.00. The molecule has 2 rings (SSSR count). The lowest BCUT2D eigenvalue weighted by molar-refractivity contribution is 0.0752. The lowest BCUT2D eigenvalue weighted by atomic mass is 10.2. The van der Waals surface area contributed by atoms with E-state index in [1.165, 1.54) is 6.07 Å². The van der Waals surface area contributed by atoms with Crippen LogP contribution in [0.3, 0.4) is 0 Å². The molecule has 5 nitrogen and oxygen atoms in total. The maximum absolute atomic E-state index is 12.4. The van der Waals surface area contributed by atoms with Crippen molar-refractivity contribution in [2.24, 2.45) is 5.14 Å². The fourth-order valence-corrected chi connectivity index (χ4v) is 3.42. The summed E-state index contributed by atoms with van der Waals surface area (Å²) in [4.78, 5) is 13.8. The van der Waals surface area contributed by atoms with E-state index >= 15 is 0 Å². The first-order valence-corrected chi connectivity index (χ1v) is 8.38. The summed E-state index contributed by atoms with van der Waals surface area (Å²) in [5.74, 6) is -0.304. The highest BCUT2D eigenvalue weighted by Crippen LogP contribution is 2.32. The molecule has 0 aliphatic heterocycles. The van der Waals surface area contributed by atoms with Crippen LogP contribution in [0.25, 0.3) is 0 Å². The zero-order valence-corrected chi connectivity index (χ0v) is 13.1. The molecule has 0 aromatic heterocycles. The summed E-state index contributed by atoms with van der Waals surface area (Å²) in [6.45, 7) is 2.40. The van der Waals surface area contributed by atoms with E-state index < -0.39 is 10.0 Å². The second-order valence-corrected chi connectivity index (χ2v) is 6.97. The third-order valence-corrected chi connectivity index (χ3v) is 4.84. The fourth-order valence-electron chi connectivity index (χ4n) is 2.02. The Bertz CT molecular complexity index is 657. The molecule has 0 atom stereocenters. The van der Waals surface area contributed by atoms with Gasteiger partial charge >= 0.3 is 0 Å². The Morgan fingerprint density at radius 2 is 1.95 bits per heavy atom. The van der Waals surface area contributed by atoms with Gasteiger partial charge in [0.2, 0.25) is 10.0 Å². The number of rotatable bonds is 4. The predicted octanol–water partition coefficient (Wildman–Crippen LogP) is 2.27. The second kappa shape index (κ2) is 5.52. The summed E-state index contributed by atoms with van der Waals surface area (Å²) < 4.78 is 22.9. The molecule has 2 N–H and O–H groups in total. The summed E-state index contributed by atoms with van der Waals surface area (Å²) in [6.07, 6.45) is 1.90. The highest BCUT2D eigenvalue weighted by Gasteiger charge is 2.33. The Kier molecular flexibility index (Phi) is 4.30. The van der Waals surface area contributed by atoms with E-state index in [2.05, 4.69) is 0 Å². The van der Waals surface area contributed by atoms with Crippen LogP contribution in [0.1, 0.15) is 30.1 Å². The van der Waals surface area contributed by atoms with E-state index in [0.29, 0.717) is 6.54 Å². The summed E-state index contributed by atoms with van der Waals surface area (Å²) in [6, 6.07) is 2.58. The van der Waals surface area contributed by atoms with Crippen molar-refractivity contribution in [1.29, 1.82) is 0 Å². The predicted molar refractivity (Wildman–Crippen MR) is 77.6 cm³/mol. The van der Waals surface area contributed by atoms with Gasteiger partial charge in [0, 0.05) is 12.6 Å². The minimum atomic E-state index is -4.00. The Hall–Kier alpha value is -0.820. The lowest BCUT2D eigenvalue weighted by Gasteiger charge is -2.21. The number of amides is 1. The van der Waals surface area contributed by atoms with Crippen LogP contribution >= 0.6 is 23.2 Å². The molecular weight excluding hydrogens is 323 g/mol. The molecule has 1 aromatic carbocycles. The first-order valence-electron chi connectivity index (χ1n) is 6.08. The van der Waals surface area contributed by atoms with Gasteiger partial charge in [-0.25, -0.2) is 13.6 Å². The molecule has 0 heterocycles. The number of hydrogen-bond donors (Lipinski definition) is 1. The van der Waals surface area contributed by atoms with Crippen LogP contribution in [0.4, 0.5) is 0 Å². The molecule has 0 unspecified atom stereocenters. The molecule has 20 heavy (non-hydrogen) atoms. The number of primary sulfonamides is 1. The van der Waals surface area contributed by atoms with Crippen molar-refractivity contribution in [2.75, 3.05) is 6.54 Å². The van der Waals surface area contributed by atoms with Crippen molar-refractivity contribution < 1.29 is 13.2 Å². The van der Waals surface area contributed by atoms with E-state index in [-0.39, 0.29) is 32.5 Å². The van der Waals surface area contributed by atoms with Crippen LogP contribution in [0.15, 0.2) is 17.0 Å². The minimum absolute atomic E-state index is 0.0940. The van der Waals surface area contributed by atoms with Gasteiger partial charge in [-0.15, -0.1) is 0 Å². The van der Waals surface area contributed by atoms with Crippen molar-refractivity contribution in [3.8, 4) is 0 Å². The quantitative estimate of drug-likeness (QED) is 0.915. The van der Waals surface area contributed by atoms with Gasteiger partial charge in [0.1, 0.15) is 4.90 Å². The van der Waals surface area contributed by atoms with Gasteiger partial charge < -0.3 is 4.90 Å². The van der Waals surface area contributed by atoms with Crippen molar-refractivity contribution in [2.45, 2.75) is 30.7 Å². The first kappa shape index (κ1) is 15.6. The summed E-state index contributed by atoms with van der Waals surface area (Å²) in [5, 5.41) is 5.10. The number of sulfonamides is 1. The highest BCUT2D eigenvalue weighted by atomic mass is 35.5. The number of halogens is 2. The highest BCUT2D eigenvalue weighted by molar-refractivity contribution is 7.89. The van der Waals surface area contributed by atoms with Crippen LogP contribution in [0, 0.1) is 0 Å². The van der Waals surface area contributed by atoms with Gasteiger partial charge in [-0.2, -0.15) is 0 Å². The molecule has 1 aromatic rings. The molecule has 1 aliphatic carbocycles. The molecule has 1 saturated carbocycles. The molecule has 0 bridgehead atoms. The van der Waals surface area contributed by atoms with Crippen LogP contribution in [-0.4, -0.2) is 31.8 Å². The first-order chi connectivity index (χ1) is 9.25. The largest absolute Gasteiger partial charge is 0.336 e. The Morgan fingerprint density at radius 3 is 2.40 bits per heavy atom. The number of benzene rings is 1. The van der Waals surface area contributed by atoms with Gasteiger partial charge in [-0.1, -0.05) is 23.2 Å². The lowest BCUT2D eigenvalue weighted by Crippen LogP contribution is -2.33. The van der Waals surface area contributed by atoms with Crippen molar-refractivity contribution in [3.05, 3.63) is 27.7 Å². The third-order valence-electron chi connectivity index (χ3n) is 3.15. The molecule has 8 heteroatoms. The van der Waals surface area contributed by atoms with Crippen molar-refractivity contribution >= 4 is 39.1 Å². The van der Waals surface area contributed by atoms with E-state index in [4.69, 9.17) is 28.3 Å². The number of carbonyl (C=O) groups is 1. The molecule has 1 amide bonds. The average Bonchev–Trinajstić information content (AvgIpc) is 3.12. The summed E-state index contributed by atoms with van der Waals surface area (Å²) >= 11 is 11.8. The van der Waals surface area contributed by atoms with Crippen molar-refractivity contribution in [1.82, 2.24) is 4.90 Å². The normalized spacial score (nSPS) is 15.2. The van der Waals surface area contributed by atoms with E-state index in [9.17, 15) is 13.2 Å². The maximum atomic E-state index is 12.4. The number of nitrogens with zero attached hydrogens (tertiary/aromatic N) is 1. The third kappa shape index (κ3) is 3.09. The Labute approximate surface area is 127 Å².